The molecule has 17 heavy (non-hydrogen) atoms. The van der Waals surface area contributed by atoms with Crippen LogP contribution in [0.4, 0.5) is 0 Å². The van der Waals surface area contributed by atoms with Gasteiger partial charge in [-0.2, -0.15) is 5.26 Å². The van der Waals surface area contributed by atoms with Gasteiger partial charge in [0.05, 0.1) is 23.5 Å². The van der Waals surface area contributed by atoms with Crippen LogP contribution >= 0.6 is 0 Å². The van der Waals surface area contributed by atoms with Gasteiger partial charge >= 0.3 is 0 Å². The highest BCUT2D eigenvalue weighted by Gasteiger charge is 2.39. The number of amides is 1. The lowest BCUT2D eigenvalue weighted by atomic mass is 9.98. The van der Waals surface area contributed by atoms with Gasteiger partial charge in [-0.25, -0.2) is 8.42 Å². The number of hydrogen-bond donors (Lipinski definition) is 1. The predicted octanol–water partition coefficient (Wildman–Crippen LogP) is 0.374. The highest BCUT2D eigenvalue weighted by atomic mass is 32.2. The Morgan fingerprint density at radius 1 is 1.35 bits per heavy atom. The molecule has 0 aromatic carbocycles. The second-order valence-corrected chi connectivity index (χ2v) is 7.22. The van der Waals surface area contributed by atoms with Gasteiger partial charge in [0, 0.05) is 0 Å². The molecule has 2 aliphatic rings. The fraction of sp³-hybridized carbons (Fsp3) is 0.818. The van der Waals surface area contributed by atoms with Crippen molar-refractivity contribution in [3.8, 4) is 6.07 Å². The van der Waals surface area contributed by atoms with E-state index in [-0.39, 0.29) is 17.4 Å². The third-order valence-corrected chi connectivity index (χ3v) is 5.40. The second kappa shape index (κ2) is 4.30. The molecule has 2 rings (SSSR count). The van der Waals surface area contributed by atoms with E-state index < -0.39 is 21.3 Å². The quantitative estimate of drug-likeness (QED) is 0.773. The van der Waals surface area contributed by atoms with E-state index in [0.717, 1.165) is 12.8 Å². The van der Waals surface area contributed by atoms with E-state index >= 15 is 0 Å². The third-order valence-electron chi connectivity index (χ3n) is 3.64. The van der Waals surface area contributed by atoms with Crippen molar-refractivity contribution >= 4 is 15.7 Å². The lowest BCUT2D eigenvalue weighted by molar-refractivity contribution is -0.125. The summed E-state index contributed by atoms with van der Waals surface area (Å²) in [4.78, 5) is 11.9. The normalized spacial score (nSPS) is 29.7. The number of sulfone groups is 1. The fourth-order valence-corrected chi connectivity index (χ4v) is 4.32. The van der Waals surface area contributed by atoms with Gasteiger partial charge in [-0.15, -0.1) is 0 Å². The minimum atomic E-state index is -3.04. The largest absolute Gasteiger partial charge is 0.338 e. The maximum atomic E-state index is 11.9. The highest BCUT2D eigenvalue weighted by molar-refractivity contribution is 7.91. The molecule has 0 aromatic heterocycles. The molecular formula is C11H16N2O3S. The van der Waals surface area contributed by atoms with Gasteiger partial charge in [0.1, 0.15) is 5.54 Å². The van der Waals surface area contributed by atoms with Crippen LogP contribution in [0.1, 0.15) is 32.1 Å². The molecule has 6 heteroatoms. The summed E-state index contributed by atoms with van der Waals surface area (Å²) in [6.45, 7) is 0. The predicted molar refractivity (Wildman–Crippen MR) is 61.7 cm³/mol. The number of rotatable bonds is 2. The number of carbonyl (C=O) groups is 1. The van der Waals surface area contributed by atoms with Crippen molar-refractivity contribution in [3.05, 3.63) is 0 Å². The lowest BCUT2D eigenvalue weighted by Gasteiger charge is -2.23. The van der Waals surface area contributed by atoms with E-state index in [0.29, 0.717) is 19.3 Å². The maximum Gasteiger partial charge on any atom is 0.225 e. The minimum Gasteiger partial charge on any atom is -0.338 e. The number of nitrogens with one attached hydrogen (secondary N) is 1. The van der Waals surface area contributed by atoms with Gasteiger partial charge in [-0.05, 0) is 32.1 Å². The summed E-state index contributed by atoms with van der Waals surface area (Å²) >= 11 is 0. The summed E-state index contributed by atoms with van der Waals surface area (Å²) in [5.41, 5.74) is -0.747. The first kappa shape index (κ1) is 12.4. The van der Waals surface area contributed by atoms with Crippen molar-refractivity contribution in [2.45, 2.75) is 37.6 Å². The minimum absolute atomic E-state index is 0.0691. The number of hydrogen-bond acceptors (Lipinski definition) is 4. The molecule has 0 aromatic rings. The van der Waals surface area contributed by atoms with Crippen LogP contribution < -0.4 is 5.32 Å². The average molecular weight is 256 g/mol. The molecule has 1 N–H and O–H groups in total. The van der Waals surface area contributed by atoms with Gasteiger partial charge in [-0.1, -0.05) is 0 Å². The molecule has 1 atom stereocenters. The monoisotopic (exact) mass is 256 g/mol. The second-order valence-electron chi connectivity index (χ2n) is 4.99. The van der Waals surface area contributed by atoms with Crippen LogP contribution in [-0.2, 0) is 14.6 Å². The Hall–Kier alpha value is -1.09. The topological polar surface area (TPSA) is 87.0 Å². The van der Waals surface area contributed by atoms with Crippen molar-refractivity contribution in [2.24, 2.45) is 5.92 Å². The molecule has 0 spiro atoms. The standard InChI is InChI=1S/C11H16N2O3S/c12-8-11(4-1-2-5-11)13-10(14)9-3-6-17(15,16)7-9/h9H,1-7H2,(H,13,14). The Labute approximate surface area is 101 Å². The molecule has 0 radical (unpaired) electrons. The summed E-state index contributed by atoms with van der Waals surface area (Å²) in [5.74, 6) is -0.717. The van der Waals surface area contributed by atoms with Crippen LogP contribution in [0, 0.1) is 17.2 Å². The number of nitriles is 1. The van der Waals surface area contributed by atoms with Crippen molar-refractivity contribution in [1.82, 2.24) is 5.32 Å². The Morgan fingerprint density at radius 2 is 2.00 bits per heavy atom. The van der Waals surface area contributed by atoms with Crippen molar-refractivity contribution in [3.63, 3.8) is 0 Å². The maximum absolute atomic E-state index is 11.9. The van der Waals surface area contributed by atoms with E-state index in [4.69, 9.17) is 5.26 Å². The molecule has 2 fully saturated rings. The zero-order valence-corrected chi connectivity index (χ0v) is 10.4. The summed E-state index contributed by atoms with van der Waals surface area (Å²) in [6.07, 6.45) is 3.62. The van der Waals surface area contributed by atoms with Crippen LogP contribution in [0.2, 0.25) is 0 Å². The summed E-state index contributed by atoms with van der Waals surface area (Å²) in [7, 11) is -3.04. The first-order valence-corrected chi connectivity index (χ1v) is 7.72. The molecule has 94 valence electrons. The molecule has 1 aliphatic carbocycles. The highest BCUT2D eigenvalue weighted by Crippen LogP contribution is 2.30. The van der Waals surface area contributed by atoms with Crippen molar-refractivity contribution < 1.29 is 13.2 Å². The smallest absolute Gasteiger partial charge is 0.225 e. The van der Waals surface area contributed by atoms with Gasteiger partial charge in [0.2, 0.25) is 5.91 Å². The molecule has 1 saturated heterocycles. The number of nitrogens with zero attached hydrogens (tertiary/aromatic N) is 1. The van der Waals surface area contributed by atoms with E-state index in [9.17, 15) is 13.2 Å². The molecular weight excluding hydrogens is 240 g/mol. The Kier molecular flexibility index (Phi) is 3.13. The van der Waals surface area contributed by atoms with E-state index in [1.807, 2.05) is 0 Å². The molecule has 1 heterocycles. The number of carbonyl (C=O) groups excluding carboxylic acids is 1. The SMILES string of the molecule is N#CC1(NC(=O)C2CCS(=O)(=O)C2)CCCC1. The van der Waals surface area contributed by atoms with Gasteiger partial charge in [-0.3, -0.25) is 4.79 Å². The molecule has 1 aliphatic heterocycles. The van der Waals surface area contributed by atoms with Crippen LogP contribution in [-0.4, -0.2) is 31.4 Å². The Morgan fingerprint density at radius 3 is 2.47 bits per heavy atom. The van der Waals surface area contributed by atoms with Crippen LogP contribution in [0.5, 0.6) is 0 Å². The zero-order chi connectivity index (χ0) is 12.5. The summed E-state index contributed by atoms with van der Waals surface area (Å²) < 4.78 is 22.6. The van der Waals surface area contributed by atoms with Gasteiger partial charge < -0.3 is 5.32 Å². The van der Waals surface area contributed by atoms with Gasteiger partial charge in [0.15, 0.2) is 9.84 Å². The van der Waals surface area contributed by atoms with Gasteiger partial charge in [0.25, 0.3) is 0 Å². The van der Waals surface area contributed by atoms with Crippen LogP contribution in [0.15, 0.2) is 0 Å². The molecule has 1 unspecified atom stereocenters. The first-order valence-electron chi connectivity index (χ1n) is 5.90. The fourth-order valence-electron chi connectivity index (χ4n) is 2.58. The molecule has 0 bridgehead atoms. The average Bonchev–Trinajstić information content (AvgIpc) is 2.86. The van der Waals surface area contributed by atoms with E-state index in [1.165, 1.54) is 0 Å². The van der Waals surface area contributed by atoms with Crippen LogP contribution in [0.25, 0.3) is 0 Å². The van der Waals surface area contributed by atoms with Crippen molar-refractivity contribution in [2.75, 3.05) is 11.5 Å². The van der Waals surface area contributed by atoms with Crippen molar-refractivity contribution in [1.29, 1.82) is 5.26 Å². The molecule has 1 saturated carbocycles. The Balaban J connectivity index is 2.00. The Bertz CT molecular complexity index is 458. The van der Waals surface area contributed by atoms with E-state index in [2.05, 4.69) is 11.4 Å². The lowest BCUT2D eigenvalue weighted by Crippen LogP contribution is -2.47. The van der Waals surface area contributed by atoms with E-state index in [1.54, 1.807) is 0 Å². The summed E-state index contributed by atoms with van der Waals surface area (Å²) in [6, 6.07) is 2.17. The first-order chi connectivity index (χ1) is 7.96. The summed E-state index contributed by atoms with van der Waals surface area (Å²) in [5, 5.41) is 11.9. The van der Waals surface area contributed by atoms with Crippen LogP contribution in [0.3, 0.4) is 0 Å². The third kappa shape index (κ3) is 2.60. The molecule has 5 nitrogen and oxygen atoms in total. The zero-order valence-electron chi connectivity index (χ0n) is 9.61. The molecule has 1 amide bonds.